The van der Waals surface area contributed by atoms with E-state index in [0.29, 0.717) is 0 Å². The molecule has 2 nitrogen and oxygen atoms in total. The molecule has 1 saturated carbocycles. The van der Waals surface area contributed by atoms with Crippen molar-refractivity contribution in [3.05, 3.63) is 30.3 Å². The van der Waals surface area contributed by atoms with Crippen molar-refractivity contribution in [3.8, 4) is 6.07 Å². The third-order valence-electron chi connectivity index (χ3n) is 3.18. The molecular weight excluding hydrogens is 218 g/mol. The molecule has 0 N–H and O–H groups in total. The van der Waals surface area contributed by atoms with Crippen molar-refractivity contribution in [3.63, 3.8) is 0 Å². The molecule has 0 saturated heterocycles. The highest BCUT2D eigenvalue weighted by Gasteiger charge is 2.39. The van der Waals surface area contributed by atoms with Gasteiger partial charge in [0.1, 0.15) is 4.75 Å². The summed E-state index contributed by atoms with van der Waals surface area (Å²) in [6, 6.07) is 11.7. The quantitative estimate of drug-likeness (QED) is 0.787. The summed E-state index contributed by atoms with van der Waals surface area (Å²) < 4.78 is 11.8. The third kappa shape index (κ3) is 2.03. The number of hydrogen-bond donors (Lipinski definition) is 0. The van der Waals surface area contributed by atoms with Crippen LogP contribution in [0.15, 0.2) is 35.2 Å². The van der Waals surface area contributed by atoms with Crippen molar-refractivity contribution in [1.29, 1.82) is 5.26 Å². The molecule has 0 aliphatic heterocycles. The van der Waals surface area contributed by atoms with Crippen LogP contribution < -0.4 is 0 Å². The summed E-state index contributed by atoms with van der Waals surface area (Å²) >= 11 is 0. The fraction of sp³-hybridized carbons (Fsp3) is 0.462. The first-order valence-electron chi connectivity index (χ1n) is 5.67. The van der Waals surface area contributed by atoms with Crippen molar-refractivity contribution < 1.29 is 4.21 Å². The topological polar surface area (TPSA) is 40.9 Å². The minimum Gasteiger partial charge on any atom is -0.253 e. The van der Waals surface area contributed by atoms with Crippen LogP contribution in [-0.4, -0.2) is 8.96 Å². The molecule has 1 aliphatic rings. The largest absolute Gasteiger partial charge is 0.253 e. The predicted octanol–water partition coefficient (Wildman–Crippen LogP) is 3.02. The number of nitrogens with zero attached hydrogens (tertiary/aromatic N) is 1. The Hall–Kier alpha value is -1.14. The van der Waals surface area contributed by atoms with Gasteiger partial charge in [0.15, 0.2) is 0 Å². The second kappa shape index (κ2) is 4.80. The van der Waals surface area contributed by atoms with Crippen molar-refractivity contribution in [2.24, 2.45) is 0 Å². The fourth-order valence-corrected chi connectivity index (χ4v) is 3.83. The van der Waals surface area contributed by atoms with Crippen LogP contribution in [-0.2, 0) is 10.8 Å². The zero-order valence-electron chi connectivity index (χ0n) is 9.19. The summed E-state index contributed by atoms with van der Waals surface area (Å²) in [7, 11) is -1.19. The van der Waals surface area contributed by atoms with Gasteiger partial charge in [-0.1, -0.05) is 37.5 Å². The standard InChI is InChI=1S/C13H15NOS/c14-11-13(9-5-2-6-10-13)16(15)12-7-3-1-4-8-12/h1,3-4,7-8H,2,5-6,9-10H2. The maximum atomic E-state index is 12.4. The van der Waals surface area contributed by atoms with Gasteiger partial charge in [-0.15, -0.1) is 0 Å². The van der Waals surface area contributed by atoms with Gasteiger partial charge in [-0.2, -0.15) is 5.26 Å². The average molecular weight is 233 g/mol. The lowest BCUT2D eigenvalue weighted by Gasteiger charge is -2.29. The zero-order valence-corrected chi connectivity index (χ0v) is 10.0. The number of nitriles is 1. The molecule has 1 unspecified atom stereocenters. The minimum atomic E-state index is -1.19. The van der Waals surface area contributed by atoms with Crippen LogP contribution in [0.25, 0.3) is 0 Å². The third-order valence-corrected chi connectivity index (χ3v) is 5.09. The second-order valence-electron chi connectivity index (χ2n) is 4.25. The molecule has 0 spiro atoms. The van der Waals surface area contributed by atoms with Gasteiger partial charge in [0.25, 0.3) is 0 Å². The van der Waals surface area contributed by atoms with E-state index in [1.165, 1.54) is 0 Å². The van der Waals surface area contributed by atoms with Gasteiger partial charge in [-0.25, -0.2) is 0 Å². The highest BCUT2D eigenvalue weighted by Crippen LogP contribution is 2.35. The molecule has 0 heterocycles. The van der Waals surface area contributed by atoms with Crippen molar-refractivity contribution in [1.82, 2.24) is 0 Å². The van der Waals surface area contributed by atoms with Crippen LogP contribution in [0.2, 0.25) is 0 Å². The molecule has 3 heteroatoms. The van der Waals surface area contributed by atoms with E-state index in [9.17, 15) is 9.47 Å². The normalized spacial score (nSPS) is 20.9. The minimum absolute atomic E-state index is 0.639. The zero-order chi connectivity index (χ0) is 11.4. The van der Waals surface area contributed by atoms with Crippen molar-refractivity contribution >= 4 is 10.8 Å². The lowest BCUT2D eigenvalue weighted by atomic mass is 9.89. The van der Waals surface area contributed by atoms with Gasteiger partial charge < -0.3 is 0 Å². The summed E-state index contributed by atoms with van der Waals surface area (Å²) in [6.45, 7) is 0. The first-order chi connectivity index (χ1) is 7.78. The van der Waals surface area contributed by atoms with Gasteiger partial charge in [0.05, 0.1) is 16.9 Å². The van der Waals surface area contributed by atoms with Crippen molar-refractivity contribution in [2.75, 3.05) is 0 Å². The molecule has 0 bridgehead atoms. The Morgan fingerprint density at radius 2 is 1.75 bits per heavy atom. The molecule has 84 valence electrons. The highest BCUT2D eigenvalue weighted by molar-refractivity contribution is 7.86. The van der Waals surface area contributed by atoms with Gasteiger partial charge in [0, 0.05) is 4.90 Å². The number of rotatable bonds is 2. The lowest BCUT2D eigenvalue weighted by Crippen LogP contribution is -2.35. The molecule has 16 heavy (non-hydrogen) atoms. The fourth-order valence-electron chi connectivity index (χ4n) is 2.23. The Bertz CT molecular complexity index is 415. The van der Waals surface area contributed by atoms with Gasteiger partial charge >= 0.3 is 0 Å². The Morgan fingerprint density at radius 3 is 2.31 bits per heavy atom. The van der Waals surface area contributed by atoms with Gasteiger partial charge in [-0.05, 0) is 25.0 Å². The van der Waals surface area contributed by atoms with E-state index < -0.39 is 15.5 Å². The monoisotopic (exact) mass is 233 g/mol. The maximum Gasteiger partial charge on any atom is 0.137 e. The average Bonchev–Trinajstić information content (AvgIpc) is 2.39. The molecule has 1 aliphatic carbocycles. The SMILES string of the molecule is N#CC1(S(=O)c2ccccc2)CCCCC1. The molecule has 0 amide bonds. The van der Waals surface area contributed by atoms with Crippen LogP contribution in [0.3, 0.4) is 0 Å². The van der Waals surface area contributed by atoms with Crippen LogP contribution in [0.1, 0.15) is 32.1 Å². The Morgan fingerprint density at radius 1 is 1.12 bits per heavy atom. The molecule has 0 radical (unpaired) electrons. The molecular formula is C13H15NOS. The lowest BCUT2D eigenvalue weighted by molar-refractivity contribution is 0.447. The van der Waals surface area contributed by atoms with Gasteiger partial charge in [-0.3, -0.25) is 4.21 Å². The van der Waals surface area contributed by atoms with E-state index in [1.54, 1.807) is 0 Å². The molecule has 1 aromatic carbocycles. The van der Waals surface area contributed by atoms with Gasteiger partial charge in [0.2, 0.25) is 0 Å². The van der Waals surface area contributed by atoms with Crippen LogP contribution in [0, 0.1) is 11.3 Å². The first kappa shape index (κ1) is 11.3. The maximum absolute atomic E-state index is 12.4. The van der Waals surface area contributed by atoms with E-state index in [2.05, 4.69) is 6.07 Å². The van der Waals surface area contributed by atoms with E-state index in [4.69, 9.17) is 0 Å². The smallest absolute Gasteiger partial charge is 0.137 e. The van der Waals surface area contributed by atoms with Crippen molar-refractivity contribution in [2.45, 2.75) is 41.7 Å². The summed E-state index contributed by atoms with van der Waals surface area (Å²) in [5, 5.41) is 9.33. The van der Waals surface area contributed by atoms with E-state index in [1.807, 2.05) is 30.3 Å². The predicted molar refractivity (Wildman–Crippen MR) is 64.3 cm³/mol. The van der Waals surface area contributed by atoms with Crippen LogP contribution in [0.4, 0.5) is 0 Å². The highest BCUT2D eigenvalue weighted by atomic mass is 32.2. The van der Waals surface area contributed by atoms with E-state index >= 15 is 0 Å². The summed E-state index contributed by atoms with van der Waals surface area (Å²) in [6.07, 6.45) is 4.74. The first-order valence-corrected chi connectivity index (χ1v) is 6.82. The molecule has 0 aromatic heterocycles. The summed E-state index contributed by atoms with van der Waals surface area (Å²) in [5.41, 5.74) is 0. The Balaban J connectivity index is 2.29. The van der Waals surface area contributed by atoms with Crippen LogP contribution >= 0.6 is 0 Å². The Labute approximate surface area is 98.7 Å². The second-order valence-corrected chi connectivity index (χ2v) is 6.04. The number of benzene rings is 1. The Kier molecular flexibility index (Phi) is 3.40. The van der Waals surface area contributed by atoms with Crippen LogP contribution in [0.5, 0.6) is 0 Å². The summed E-state index contributed by atoms with van der Waals surface area (Å²) in [5.74, 6) is 0. The van der Waals surface area contributed by atoms with E-state index in [0.717, 1.165) is 37.0 Å². The van der Waals surface area contributed by atoms with E-state index in [-0.39, 0.29) is 0 Å². The molecule has 1 fully saturated rings. The molecule has 2 rings (SSSR count). The molecule has 1 atom stereocenters. The number of hydrogen-bond acceptors (Lipinski definition) is 2. The molecule has 1 aromatic rings. The summed E-state index contributed by atoms with van der Waals surface area (Å²) in [4.78, 5) is 0.783.